The first-order valence-corrected chi connectivity index (χ1v) is 9.76. The van der Waals surface area contributed by atoms with Gasteiger partial charge in [-0.15, -0.1) is 0 Å². The van der Waals surface area contributed by atoms with E-state index in [4.69, 9.17) is 4.74 Å². The smallest absolute Gasteiger partial charge is 0.191 e. The van der Waals surface area contributed by atoms with Crippen LogP contribution in [0.2, 0.25) is 0 Å². The third-order valence-electron chi connectivity index (χ3n) is 4.85. The van der Waals surface area contributed by atoms with Crippen molar-refractivity contribution in [3.05, 3.63) is 48.2 Å². The van der Waals surface area contributed by atoms with Gasteiger partial charge < -0.3 is 25.4 Å². The van der Waals surface area contributed by atoms with Crippen LogP contribution in [0.4, 0.5) is 5.82 Å². The molecular weight excluding hydrogens is 354 g/mol. The van der Waals surface area contributed by atoms with Crippen molar-refractivity contribution in [3.63, 3.8) is 0 Å². The molecule has 0 spiro atoms. The SMILES string of the molecule is CCNC(=NCc1cc(OC)ccc1O)NC1CCN(c2ccccn2)CC1. The van der Waals surface area contributed by atoms with Gasteiger partial charge in [-0.05, 0) is 50.1 Å². The van der Waals surface area contributed by atoms with E-state index in [9.17, 15) is 5.11 Å². The standard InChI is InChI=1S/C21H29N5O2/c1-3-22-21(24-15-16-14-18(28-2)7-8-19(16)27)25-17-9-12-26(13-10-17)20-6-4-5-11-23-20/h4-8,11,14,17,27H,3,9-10,12-13,15H2,1-2H3,(H2,22,24,25). The Balaban J connectivity index is 1.58. The maximum absolute atomic E-state index is 10.1. The number of methoxy groups -OCH3 is 1. The lowest BCUT2D eigenvalue weighted by molar-refractivity contribution is 0.410. The van der Waals surface area contributed by atoms with Crippen LogP contribution in [-0.2, 0) is 6.54 Å². The summed E-state index contributed by atoms with van der Waals surface area (Å²) >= 11 is 0. The second kappa shape index (κ2) is 9.82. The van der Waals surface area contributed by atoms with E-state index in [2.05, 4.69) is 31.6 Å². The van der Waals surface area contributed by atoms with Gasteiger partial charge in [0.15, 0.2) is 5.96 Å². The van der Waals surface area contributed by atoms with Crippen LogP contribution < -0.4 is 20.3 Å². The molecule has 1 aromatic heterocycles. The molecule has 0 aliphatic carbocycles. The van der Waals surface area contributed by atoms with Gasteiger partial charge in [-0.2, -0.15) is 0 Å². The Morgan fingerprint density at radius 1 is 1.29 bits per heavy atom. The Hall–Kier alpha value is -2.96. The number of nitrogens with zero attached hydrogens (tertiary/aromatic N) is 3. The van der Waals surface area contributed by atoms with Gasteiger partial charge in [-0.25, -0.2) is 9.98 Å². The van der Waals surface area contributed by atoms with E-state index in [1.807, 2.05) is 31.3 Å². The van der Waals surface area contributed by atoms with Gasteiger partial charge in [0.25, 0.3) is 0 Å². The maximum Gasteiger partial charge on any atom is 0.191 e. The number of pyridine rings is 1. The van der Waals surface area contributed by atoms with Crippen LogP contribution in [0.3, 0.4) is 0 Å². The number of piperidine rings is 1. The van der Waals surface area contributed by atoms with Crippen LogP contribution in [0.1, 0.15) is 25.3 Å². The van der Waals surface area contributed by atoms with Crippen molar-refractivity contribution in [2.45, 2.75) is 32.4 Å². The number of phenols is 1. The number of benzene rings is 1. The molecule has 1 fully saturated rings. The van der Waals surface area contributed by atoms with Crippen LogP contribution in [0, 0.1) is 0 Å². The predicted octanol–water partition coefficient (Wildman–Crippen LogP) is 2.52. The highest BCUT2D eigenvalue weighted by atomic mass is 16.5. The second-order valence-electron chi connectivity index (χ2n) is 6.78. The van der Waals surface area contributed by atoms with Gasteiger partial charge in [0.2, 0.25) is 0 Å². The zero-order valence-electron chi connectivity index (χ0n) is 16.6. The molecule has 28 heavy (non-hydrogen) atoms. The summed E-state index contributed by atoms with van der Waals surface area (Å²) in [5.41, 5.74) is 0.738. The number of nitrogens with one attached hydrogen (secondary N) is 2. The Morgan fingerprint density at radius 2 is 2.11 bits per heavy atom. The summed E-state index contributed by atoms with van der Waals surface area (Å²) < 4.78 is 5.23. The third-order valence-corrected chi connectivity index (χ3v) is 4.85. The number of aromatic nitrogens is 1. The third kappa shape index (κ3) is 5.28. The number of rotatable bonds is 6. The fourth-order valence-corrected chi connectivity index (χ4v) is 3.29. The maximum atomic E-state index is 10.1. The zero-order valence-corrected chi connectivity index (χ0v) is 16.6. The fourth-order valence-electron chi connectivity index (χ4n) is 3.29. The summed E-state index contributed by atoms with van der Waals surface area (Å²) in [6, 6.07) is 11.6. The highest BCUT2D eigenvalue weighted by Crippen LogP contribution is 2.23. The molecular formula is C21H29N5O2. The number of ether oxygens (including phenoxy) is 1. The van der Waals surface area contributed by atoms with Crippen LogP contribution >= 0.6 is 0 Å². The number of anilines is 1. The molecule has 150 valence electrons. The first-order valence-electron chi connectivity index (χ1n) is 9.76. The largest absolute Gasteiger partial charge is 0.508 e. The average Bonchev–Trinajstić information content (AvgIpc) is 2.74. The van der Waals surface area contributed by atoms with Crippen molar-refractivity contribution in [2.24, 2.45) is 4.99 Å². The topological polar surface area (TPSA) is 82.0 Å². The van der Waals surface area contributed by atoms with E-state index >= 15 is 0 Å². The predicted molar refractivity (Wildman–Crippen MR) is 112 cm³/mol. The second-order valence-corrected chi connectivity index (χ2v) is 6.78. The molecule has 1 aliphatic rings. The molecule has 0 radical (unpaired) electrons. The summed E-state index contributed by atoms with van der Waals surface area (Å²) in [5.74, 6) is 2.74. The van der Waals surface area contributed by atoms with E-state index < -0.39 is 0 Å². The van der Waals surface area contributed by atoms with Crippen LogP contribution in [0.5, 0.6) is 11.5 Å². The molecule has 0 atom stereocenters. The molecule has 0 unspecified atom stereocenters. The van der Waals surface area contributed by atoms with Crippen molar-refractivity contribution < 1.29 is 9.84 Å². The van der Waals surface area contributed by atoms with Gasteiger partial charge in [-0.1, -0.05) is 6.07 Å². The van der Waals surface area contributed by atoms with E-state index in [-0.39, 0.29) is 5.75 Å². The Kier molecular flexibility index (Phi) is 6.94. The number of aromatic hydroxyl groups is 1. The molecule has 1 saturated heterocycles. The first-order chi connectivity index (χ1) is 13.7. The fraction of sp³-hybridized carbons (Fsp3) is 0.429. The minimum Gasteiger partial charge on any atom is -0.508 e. The summed E-state index contributed by atoms with van der Waals surface area (Å²) in [6.07, 6.45) is 3.88. The van der Waals surface area contributed by atoms with E-state index in [1.165, 1.54) is 0 Å². The molecule has 3 N–H and O–H groups in total. The Morgan fingerprint density at radius 3 is 2.79 bits per heavy atom. The van der Waals surface area contributed by atoms with E-state index in [1.54, 1.807) is 19.2 Å². The zero-order chi connectivity index (χ0) is 19.8. The molecule has 3 rings (SSSR count). The molecule has 1 aromatic carbocycles. The highest BCUT2D eigenvalue weighted by Gasteiger charge is 2.20. The van der Waals surface area contributed by atoms with Gasteiger partial charge >= 0.3 is 0 Å². The van der Waals surface area contributed by atoms with Crippen LogP contribution in [0.25, 0.3) is 0 Å². The summed E-state index contributed by atoms with van der Waals surface area (Å²) in [4.78, 5) is 11.4. The van der Waals surface area contributed by atoms with Crippen molar-refractivity contribution in [2.75, 3.05) is 31.6 Å². The van der Waals surface area contributed by atoms with Gasteiger partial charge in [0, 0.05) is 37.4 Å². The minimum atomic E-state index is 0.226. The number of guanidine groups is 1. The quantitative estimate of drug-likeness (QED) is 0.525. The summed E-state index contributed by atoms with van der Waals surface area (Å²) in [7, 11) is 1.61. The molecule has 7 heteroatoms. The number of hydrogen-bond donors (Lipinski definition) is 3. The lowest BCUT2D eigenvalue weighted by atomic mass is 10.1. The van der Waals surface area contributed by atoms with Gasteiger partial charge in [0.05, 0.1) is 13.7 Å². The molecule has 7 nitrogen and oxygen atoms in total. The van der Waals surface area contributed by atoms with E-state index in [0.717, 1.165) is 49.8 Å². The Labute approximate surface area is 166 Å². The van der Waals surface area contributed by atoms with Crippen LogP contribution in [-0.4, -0.2) is 48.8 Å². The van der Waals surface area contributed by atoms with Crippen molar-refractivity contribution >= 4 is 11.8 Å². The molecule has 0 amide bonds. The minimum absolute atomic E-state index is 0.226. The lowest BCUT2D eigenvalue weighted by Crippen LogP contribution is -2.48. The normalized spacial score (nSPS) is 15.4. The molecule has 0 saturated carbocycles. The first kappa shape index (κ1) is 19.8. The van der Waals surface area contributed by atoms with Crippen molar-refractivity contribution in [3.8, 4) is 11.5 Å². The Bertz CT molecular complexity index is 774. The van der Waals surface area contributed by atoms with Gasteiger partial charge in [0.1, 0.15) is 17.3 Å². The van der Waals surface area contributed by atoms with Crippen molar-refractivity contribution in [1.82, 2.24) is 15.6 Å². The van der Waals surface area contributed by atoms with E-state index in [0.29, 0.717) is 18.3 Å². The van der Waals surface area contributed by atoms with Gasteiger partial charge in [-0.3, -0.25) is 0 Å². The average molecular weight is 383 g/mol. The molecule has 0 bridgehead atoms. The summed E-state index contributed by atoms with van der Waals surface area (Å²) in [5, 5.41) is 16.9. The summed E-state index contributed by atoms with van der Waals surface area (Å²) in [6.45, 7) is 5.13. The lowest BCUT2D eigenvalue weighted by Gasteiger charge is -2.33. The highest BCUT2D eigenvalue weighted by molar-refractivity contribution is 5.80. The number of hydrogen-bond acceptors (Lipinski definition) is 5. The number of aliphatic imine (C=N–C) groups is 1. The van der Waals surface area contributed by atoms with Crippen LogP contribution in [0.15, 0.2) is 47.6 Å². The molecule has 2 heterocycles. The number of phenolic OH excluding ortho intramolecular Hbond substituents is 1. The monoisotopic (exact) mass is 383 g/mol. The molecule has 1 aliphatic heterocycles. The molecule has 2 aromatic rings. The van der Waals surface area contributed by atoms with Crippen molar-refractivity contribution in [1.29, 1.82) is 0 Å².